The van der Waals surface area contributed by atoms with Crippen LogP contribution in [0.3, 0.4) is 0 Å². The summed E-state index contributed by atoms with van der Waals surface area (Å²) in [5, 5.41) is 1.04. The second kappa shape index (κ2) is 6.70. The molecule has 0 aliphatic heterocycles. The summed E-state index contributed by atoms with van der Waals surface area (Å²) in [6, 6.07) is 3.84. The van der Waals surface area contributed by atoms with E-state index in [9.17, 15) is 4.39 Å². The van der Waals surface area contributed by atoms with Crippen LogP contribution >= 0.6 is 12.1 Å². The number of hydrogen-bond acceptors (Lipinski definition) is 3. The third-order valence-electron chi connectivity index (χ3n) is 4.25. The molecule has 0 atom stereocenters. The molecule has 1 aliphatic carbocycles. The summed E-state index contributed by atoms with van der Waals surface area (Å²) in [6.07, 6.45) is 4.43. The number of aromatic nitrogens is 1. The molecule has 5 heteroatoms. The maximum Gasteiger partial charge on any atom is 0.127 e. The first-order chi connectivity index (χ1) is 11.2. The van der Waals surface area contributed by atoms with E-state index in [1.54, 1.807) is 18.2 Å². The minimum absolute atomic E-state index is 0.0416. The monoisotopic (exact) mass is 349 g/mol. The number of halogens is 1. The molecule has 0 spiro atoms. The average molecular weight is 350 g/mol. The molecule has 1 fully saturated rings. The van der Waals surface area contributed by atoms with Gasteiger partial charge in [-0.2, -0.15) is 0 Å². The molecule has 0 radical (unpaired) electrons. The molecule has 132 valence electrons. The van der Waals surface area contributed by atoms with Gasteiger partial charge in [0.1, 0.15) is 5.82 Å². The van der Waals surface area contributed by atoms with E-state index in [4.69, 9.17) is 0 Å². The van der Waals surface area contributed by atoms with Gasteiger partial charge in [-0.25, -0.2) is 13.4 Å². The Bertz CT molecular complexity index is 726. The summed E-state index contributed by atoms with van der Waals surface area (Å²) in [5.41, 5.74) is 3.41. The molecular formula is C19H28FN3S. The van der Waals surface area contributed by atoms with Crippen molar-refractivity contribution >= 4 is 23.0 Å². The molecule has 24 heavy (non-hydrogen) atoms. The van der Waals surface area contributed by atoms with Crippen LogP contribution in [-0.2, 0) is 13.1 Å². The highest BCUT2D eigenvalue weighted by atomic mass is 32.2. The second-order valence-electron chi connectivity index (χ2n) is 8.23. The number of nitrogens with one attached hydrogen (secondary N) is 1. The highest BCUT2D eigenvalue weighted by molar-refractivity contribution is 7.95. The Balaban J connectivity index is 1.99. The average Bonchev–Trinajstić information content (AvgIpc) is 3.23. The molecule has 1 N–H and O–H groups in total. The normalized spacial score (nSPS) is 15.6. The molecule has 1 saturated carbocycles. The molecule has 2 aromatic rings. The quantitative estimate of drug-likeness (QED) is 0.748. The maximum atomic E-state index is 14.5. The van der Waals surface area contributed by atoms with E-state index < -0.39 is 0 Å². The van der Waals surface area contributed by atoms with Gasteiger partial charge >= 0.3 is 0 Å². The fourth-order valence-corrected chi connectivity index (χ4v) is 3.61. The smallest absolute Gasteiger partial charge is 0.127 e. The van der Waals surface area contributed by atoms with Gasteiger partial charge in [0.05, 0.1) is 0 Å². The molecular weight excluding hydrogens is 321 g/mol. The zero-order chi connectivity index (χ0) is 17.5. The summed E-state index contributed by atoms with van der Waals surface area (Å²) in [4.78, 5) is 0. The Labute approximate surface area is 148 Å². The van der Waals surface area contributed by atoms with Crippen LogP contribution in [-0.4, -0.2) is 23.0 Å². The van der Waals surface area contributed by atoms with Crippen molar-refractivity contribution in [1.29, 1.82) is 0 Å². The van der Waals surface area contributed by atoms with Crippen molar-refractivity contribution in [1.82, 2.24) is 13.6 Å². The van der Waals surface area contributed by atoms with Crippen molar-refractivity contribution in [2.45, 2.75) is 52.6 Å². The molecule has 1 aromatic heterocycles. The van der Waals surface area contributed by atoms with Crippen LogP contribution in [0.2, 0.25) is 0 Å². The lowest BCUT2D eigenvalue weighted by Gasteiger charge is -2.20. The number of fused-ring (bicyclic) bond motifs is 1. The third kappa shape index (κ3) is 4.13. The van der Waals surface area contributed by atoms with Gasteiger partial charge in [-0.1, -0.05) is 20.8 Å². The van der Waals surface area contributed by atoms with Gasteiger partial charge in [-0.3, -0.25) is 0 Å². The van der Waals surface area contributed by atoms with Crippen molar-refractivity contribution in [2.75, 3.05) is 14.1 Å². The Morgan fingerprint density at radius 1 is 1.29 bits per heavy atom. The van der Waals surface area contributed by atoms with Crippen molar-refractivity contribution in [3.05, 3.63) is 35.3 Å². The predicted molar refractivity (Wildman–Crippen MR) is 101 cm³/mol. The zero-order valence-corrected chi connectivity index (χ0v) is 16.1. The SMILES string of the molecule is CN(C)SNCc1cn(CC(C)(C)C)c2cc(C3CC3)c(F)cc12. The zero-order valence-electron chi connectivity index (χ0n) is 15.3. The number of hydrogen-bond donors (Lipinski definition) is 1. The summed E-state index contributed by atoms with van der Waals surface area (Å²) in [6.45, 7) is 8.37. The summed E-state index contributed by atoms with van der Waals surface area (Å²) < 4.78 is 22.2. The standard InChI is InChI=1S/C19H28FN3S/c1-19(2,3)12-23-11-14(10-21-24-22(4)5)16-8-17(20)15(9-18(16)23)13-6-7-13/h8-9,11,13,21H,6-7,10,12H2,1-5H3. The topological polar surface area (TPSA) is 20.2 Å². The van der Waals surface area contributed by atoms with Crippen LogP contribution in [0.5, 0.6) is 0 Å². The Kier molecular flexibility index (Phi) is 4.96. The Morgan fingerprint density at radius 3 is 2.58 bits per heavy atom. The second-order valence-corrected chi connectivity index (χ2v) is 9.43. The molecule has 0 saturated heterocycles. The van der Waals surface area contributed by atoms with Crippen LogP contribution < -0.4 is 4.72 Å². The lowest BCUT2D eigenvalue weighted by molar-refractivity contribution is 0.349. The lowest BCUT2D eigenvalue weighted by Crippen LogP contribution is -2.15. The van der Waals surface area contributed by atoms with E-state index in [1.165, 1.54) is 5.52 Å². The largest absolute Gasteiger partial charge is 0.347 e. The summed E-state index contributed by atoms with van der Waals surface area (Å²) >= 11 is 1.56. The van der Waals surface area contributed by atoms with E-state index in [0.29, 0.717) is 5.92 Å². The van der Waals surface area contributed by atoms with Crippen molar-refractivity contribution < 1.29 is 4.39 Å². The van der Waals surface area contributed by atoms with Crippen LogP contribution in [0.4, 0.5) is 4.39 Å². The van der Waals surface area contributed by atoms with Crippen molar-refractivity contribution in [3.8, 4) is 0 Å². The van der Waals surface area contributed by atoms with Crippen LogP contribution in [0, 0.1) is 11.2 Å². The van der Waals surface area contributed by atoms with Gasteiger partial charge in [-0.15, -0.1) is 0 Å². The minimum atomic E-state index is -0.0416. The van der Waals surface area contributed by atoms with E-state index in [0.717, 1.165) is 42.4 Å². The fourth-order valence-electron chi connectivity index (χ4n) is 3.13. The molecule has 0 unspecified atom stereocenters. The van der Waals surface area contributed by atoms with Gasteiger partial charge in [0.2, 0.25) is 0 Å². The van der Waals surface area contributed by atoms with Gasteiger partial charge in [-0.05, 0) is 61.5 Å². The minimum Gasteiger partial charge on any atom is -0.347 e. The molecule has 0 bridgehead atoms. The molecule has 1 aliphatic rings. The first-order valence-corrected chi connectivity index (χ1v) is 9.40. The molecule has 1 heterocycles. The van der Waals surface area contributed by atoms with Gasteiger partial charge in [0.25, 0.3) is 0 Å². The first kappa shape index (κ1) is 17.8. The van der Waals surface area contributed by atoms with E-state index in [2.05, 4.69) is 42.3 Å². The van der Waals surface area contributed by atoms with Crippen LogP contribution in [0.1, 0.15) is 50.7 Å². The Hall–Kier alpha value is -1.04. The molecule has 1 aromatic carbocycles. The first-order valence-electron chi connectivity index (χ1n) is 8.63. The predicted octanol–water partition coefficient (Wildman–Crippen LogP) is 4.92. The third-order valence-corrected chi connectivity index (χ3v) is 4.89. The molecule has 3 nitrogen and oxygen atoms in total. The van der Waals surface area contributed by atoms with Crippen molar-refractivity contribution in [3.63, 3.8) is 0 Å². The number of nitrogens with zero attached hydrogens (tertiary/aromatic N) is 2. The summed E-state index contributed by atoms with van der Waals surface area (Å²) in [5.74, 6) is 0.387. The van der Waals surface area contributed by atoms with E-state index >= 15 is 0 Å². The Morgan fingerprint density at radius 2 is 2.00 bits per heavy atom. The lowest BCUT2D eigenvalue weighted by atomic mass is 9.97. The van der Waals surface area contributed by atoms with E-state index in [-0.39, 0.29) is 11.2 Å². The molecule has 3 rings (SSSR count). The van der Waals surface area contributed by atoms with Gasteiger partial charge < -0.3 is 4.57 Å². The van der Waals surface area contributed by atoms with E-state index in [1.807, 2.05) is 18.4 Å². The van der Waals surface area contributed by atoms with Gasteiger partial charge in [0, 0.05) is 42.3 Å². The number of rotatable bonds is 6. The number of benzene rings is 1. The highest BCUT2D eigenvalue weighted by Crippen LogP contribution is 2.43. The van der Waals surface area contributed by atoms with Crippen LogP contribution in [0.15, 0.2) is 18.3 Å². The van der Waals surface area contributed by atoms with Crippen LogP contribution in [0.25, 0.3) is 10.9 Å². The summed E-state index contributed by atoms with van der Waals surface area (Å²) in [7, 11) is 4.00. The van der Waals surface area contributed by atoms with Crippen molar-refractivity contribution in [2.24, 2.45) is 5.41 Å². The highest BCUT2D eigenvalue weighted by Gasteiger charge is 2.28. The van der Waals surface area contributed by atoms with Gasteiger partial charge in [0.15, 0.2) is 0 Å². The fraction of sp³-hybridized carbons (Fsp3) is 0.579. The maximum absolute atomic E-state index is 14.5. The molecule has 0 amide bonds.